The highest BCUT2D eigenvalue weighted by Crippen LogP contribution is 2.24. The molecular formula is C14H20O2. The average molecular weight is 220 g/mol. The third-order valence-corrected chi connectivity index (χ3v) is 2.76. The van der Waals surface area contributed by atoms with E-state index in [2.05, 4.69) is 32.0 Å². The van der Waals surface area contributed by atoms with Gasteiger partial charge in [0, 0.05) is 18.9 Å². The zero-order chi connectivity index (χ0) is 12.0. The summed E-state index contributed by atoms with van der Waals surface area (Å²) in [7, 11) is 1.72. The number of hydrogen-bond acceptors (Lipinski definition) is 2. The summed E-state index contributed by atoms with van der Waals surface area (Å²) in [6.45, 7) is 5.02. The fraction of sp³-hybridized carbons (Fsp3) is 0.500. The summed E-state index contributed by atoms with van der Waals surface area (Å²) < 4.78 is 5.23. The lowest BCUT2D eigenvalue weighted by molar-refractivity contribution is -0.107. The van der Waals surface area contributed by atoms with Crippen LogP contribution in [0.1, 0.15) is 31.4 Å². The van der Waals surface area contributed by atoms with Crippen molar-refractivity contribution >= 4 is 6.29 Å². The number of hydrogen-bond donors (Lipinski definition) is 0. The molecule has 1 aromatic rings. The first-order chi connectivity index (χ1) is 7.60. The highest BCUT2D eigenvalue weighted by atomic mass is 16.5. The third-order valence-electron chi connectivity index (χ3n) is 2.76. The topological polar surface area (TPSA) is 26.3 Å². The van der Waals surface area contributed by atoms with Gasteiger partial charge in [-0.2, -0.15) is 0 Å². The maximum Gasteiger partial charge on any atom is 0.120 e. The molecule has 0 spiro atoms. The second kappa shape index (κ2) is 5.80. The van der Waals surface area contributed by atoms with Gasteiger partial charge in [0.05, 0.1) is 6.61 Å². The van der Waals surface area contributed by atoms with Crippen LogP contribution in [0.15, 0.2) is 24.3 Å². The highest BCUT2D eigenvalue weighted by Gasteiger charge is 2.20. The molecule has 0 heterocycles. The van der Waals surface area contributed by atoms with E-state index < -0.39 is 0 Å². The van der Waals surface area contributed by atoms with Gasteiger partial charge >= 0.3 is 0 Å². The third kappa shape index (κ3) is 3.46. The van der Waals surface area contributed by atoms with Crippen LogP contribution in [0.5, 0.6) is 0 Å². The van der Waals surface area contributed by atoms with Gasteiger partial charge in [-0.3, -0.25) is 0 Å². The number of benzene rings is 1. The van der Waals surface area contributed by atoms with E-state index in [0.717, 1.165) is 12.7 Å². The Kier molecular flexibility index (Phi) is 4.69. The van der Waals surface area contributed by atoms with Crippen LogP contribution in [0.4, 0.5) is 0 Å². The van der Waals surface area contributed by atoms with Gasteiger partial charge in [-0.1, -0.05) is 38.1 Å². The van der Waals surface area contributed by atoms with Crippen LogP contribution in [0, 0.1) is 0 Å². The van der Waals surface area contributed by atoms with Gasteiger partial charge in [0.15, 0.2) is 0 Å². The smallest absolute Gasteiger partial charge is 0.120 e. The summed E-state index contributed by atoms with van der Waals surface area (Å²) in [5.41, 5.74) is 2.50. The second-order valence-electron chi connectivity index (χ2n) is 4.72. The molecule has 2 heteroatoms. The Morgan fingerprint density at radius 1 is 1.38 bits per heavy atom. The minimum Gasteiger partial charge on any atom is -0.384 e. The van der Waals surface area contributed by atoms with E-state index in [1.807, 2.05) is 6.07 Å². The molecule has 0 aliphatic carbocycles. The Morgan fingerprint density at radius 2 is 2.12 bits per heavy atom. The van der Waals surface area contributed by atoms with E-state index in [-0.39, 0.29) is 5.41 Å². The van der Waals surface area contributed by atoms with Crippen molar-refractivity contribution in [2.45, 2.75) is 32.1 Å². The fourth-order valence-corrected chi connectivity index (χ4v) is 1.82. The van der Waals surface area contributed by atoms with Gasteiger partial charge in [0.25, 0.3) is 0 Å². The van der Waals surface area contributed by atoms with Crippen LogP contribution in [-0.4, -0.2) is 20.0 Å². The molecule has 0 saturated heterocycles. The highest BCUT2D eigenvalue weighted by molar-refractivity contribution is 5.50. The van der Waals surface area contributed by atoms with Gasteiger partial charge in [0.1, 0.15) is 6.29 Å². The number of carbonyl (C=O) groups is 1. The van der Waals surface area contributed by atoms with Gasteiger partial charge in [-0.05, 0) is 17.5 Å². The van der Waals surface area contributed by atoms with Crippen molar-refractivity contribution in [3.8, 4) is 0 Å². The first-order valence-corrected chi connectivity index (χ1v) is 5.62. The number of aryl methyl sites for hydroxylation is 1. The van der Waals surface area contributed by atoms with E-state index in [4.69, 9.17) is 4.74 Å². The Balaban J connectivity index is 2.84. The van der Waals surface area contributed by atoms with Crippen LogP contribution in [0.2, 0.25) is 0 Å². The van der Waals surface area contributed by atoms with Crippen molar-refractivity contribution in [3.63, 3.8) is 0 Å². The number of aldehydes is 1. The van der Waals surface area contributed by atoms with Crippen molar-refractivity contribution in [2.75, 3.05) is 13.7 Å². The van der Waals surface area contributed by atoms with Crippen molar-refractivity contribution in [1.82, 2.24) is 0 Å². The summed E-state index contributed by atoms with van der Waals surface area (Å²) >= 11 is 0. The van der Waals surface area contributed by atoms with E-state index >= 15 is 0 Å². The maximum absolute atomic E-state index is 10.3. The van der Waals surface area contributed by atoms with Gasteiger partial charge in [-0.15, -0.1) is 0 Å². The molecule has 0 atom stereocenters. The van der Waals surface area contributed by atoms with Crippen molar-refractivity contribution in [2.24, 2.45) is 0 Å². The van der Waals surface area contributed by atoms with Crippen LogP contribution < -0.4 is 0 Å². The van der Waals surface area contributed by atoms with Gasteiger partial charge < -0.3 is 9.53 Å². The summed E-state index contributed by atoms with van der Waals surface area (Å²) in [5.74, 6) is 0. The zero-order valence-electron chi connectivity index (χ0n) is 10.3. The number of methoxy groups -OCH3 is 1. The van der Waals surface area contributed by atoms with Crippen molar-refractivity contribution < 1.29 is 9.53 Å². The molecule has 88 valence electrons. The van der Waals surface area contributed by atoms with Crippen LogP contribution in [-0.2, 0) is 21.4 Å². The normalized spacial score (nSPS) is 11.4. The first kappa shape index (κ1) is 12.9. The second-order valence-corrected chi connectivity index (χ2v) is 4.72. The molecule has 0 aromatic heterocycles. The molecule has 0 fully saturated rings. The van der Waals surface area contributed by atoms with Crippen LogP contribution in [0.3, 0.4) is 0 Å². The monoisotopic (exact) mass is 220 g/mol. The standard InChI is InChI=1S/C14H20O2/c1-14(2,11-16-3)13-8-4-6-12(10-13)7-5-9-15/h4,6,8-10H,5,7,11H2,1-3H3. The first-order valence-electron chi connectivity index (χ1n) is 5.62. The number of rotatable bonds is 6. The molecule has 2 nitrogen and oxygen atoms in total. The zero-order valence-corrected chi connectivity index (χ0v) is 10.3. The molecule has 0 aliphatic heterocycles. The molecule has 1 aromatic carbocycles. The van der Waals surface area contributed by atoms with Gasteiger partial charge in [-0.25, -0.2) is 0 Å². The van der Waals surface area contributed by atoms with Crippen molar-refractivity contribution in [3.05, 3.63) is 35.4 Å². The Morgan fingerprint density at radius 3 is 2.75 bits per heavy atom. The minimum atomic E-state index is 0.0198. The minimum absolute atomic E-state index is 0.0198. The molecule has 16 heavy (non-hydrogen) atoms. The molecular weight excluding hydrogens is 200 g/mol. The largest absolute Gasteiger partial charge is 0.384 e. The van der Waals surface area contributed by atoms with E-state index in [0.29, 0.717) is 13.0 Å². The predicted octanol–water partition coefficient (Wildman–Crippen LogP) is 2.74. The SMILES string of the molecule is COCC(C)(C)c1cccc(CCC=O)c1. The Hall–Kier alpha value is -1.15. The quantitative estimate of drug-likeness (QED) is 0.689. The molecule has 0 saturated carbocycles. The predicted molar refractivity (Wildman–Crippen MR) is 65.7 cm³/mol. The summed E-state index contributed by atoms with van der Waals surface area (Å²) in [6, 6.07) is 8.40. The van der Waals surface area contributed by atoms with Gasteiger partial charge in [0.2, 0.25) is 0 Å². The molecule has 0 radical (unpaired) electrons. The number of carbonyl (C=O) groups excluding carboxylic acids is 1. The fourth-order valence-electron chi connectivity index (χ4n) is 1.82. The number of ether oxygens (including phenoxy) is 1. The molecule has 1 rings (SSSR count). The van der Waals surface area contributed by atoms with E-state index in [9.17, 15) is 4.79 Å². The van der Waals surface area contributed by atoms with Crippen molar-refractivity contribution in [1.29, 1.82) is 0 Å². The Labute approximate surface area is 97.6 Å². The van der Waals surface area contributed by atoms with E-state index in [1.54, 1.807) is 7.11 Å². The van der Waals surface area contributed by atoms with E-state index in [1.165, 1.54) is 11.1 Å². The van der Waals surface area contributed by atoms with Crippen LogP contribution in [0.25, 0.3) is 0 Å². The Bertz CT molecular complexity index is 342. The maximum atomic E-state index is 10.3. The summed E-state index contributed by atoms with van der Waals surface area (Å²) in [4.78, 5) is 10.3. The molecule has 0 bridgehead atoms. The lowest BCUT2D eigenvalue weighted by atomic mass is 9.84. The summed E-state index contributed by atoms with van der Waals surface area (Å²) in [6.07, 6.45) is 2.38. The molecule has 0 amide bonds. The molecule has 0 N–H and O–H groups in total. The molecule has 0 unspecified atom stereocenters. The molecule has 0 aliphatic rings. The lowest BCUT2D eigenvalue weighted by Gasteiger charge is -2.24. The average Bonchev–Trinajstić information content (AvgIpc) is 2.27. The summed E-state index contributed by atoms with van der Waals surface area (Å²) in [5, 5.41) is 0. The lowest BCUT2D eigenvalue weighted by Crippen LogP contribution is -2.23. The van der Waals surface area contributed by atoms with Crippen LogP contribution >= 0.6 is 0 Å².